The van der Waals surface area contributed by atoms with Crippen molar-refractivity contribution >= 4 is 11.9 Å². The van der Waals surface area contributed by atoms with Crippen LogP contribution in [0.3, 0.4) is 0 Å². The van der Waals surface area contributed by atoms with Crippen molar-refractivity contribution in [3.05, 3.63) is 34.7 Å². The largest absolute Gasteiger partial charge is 0.260 e. The molecule has 1 aliphatic rings. The Kier molecular flexibility index (Phi) is 2.87. The topological polar surface area (TPSA) is 14.1 Å². The van der Waals surface area contributed by atoms with Crippen LogP contribution in [0, 0.1) is 0 Å². The minimum absolute atomic E-state index is 1.13. The third kappa shape index (κ3) is 1.82. The van der Waals surface area contributed by atoms with E-state index in [1.165, 1.54) is 35.4 Å². The van der Waals surface area contributed by atoms with Crippen molar-refractivity contribution in [1.29, 1.82) is 0 Å². The quantitative estimate of drug-likeness (QED) is 0.636. The molecule has 1 aromatic rings. The lowest BCUT2D eigenvalue weighted by atomic mass is 10.1. The molecule has 1 heteroatoms. The summed E-state index contributed by atoms with van der Waals surface area (Å²) in [6.45, 7) is 2.23. The molecule has 0 spiro atoms. The van der Waals surface area contributed by atoms with Gasteiger partial charge in [0, 0.05) is 22.3 Å². The summed E-state index contributed by atoms with van der Waals surface area (Å²) in [6, 6.07) is 8.46. The van der Waals surface area contributed by atoms with Crippen molar-refractivity contribution in [2.45, 2.75) is 32.6 Å². The number of benzene rings is 1. The molecule has 0 saturated heterocycles. The van der Waals surface area contributed by atoms with E-state index in [4.69, 9.17) is 0 Å². The summed E-state index contributed by atoms with van der Waals surface area (Å²) < 4.78 is 0. The molecular formula is C13H16N. The Balaban J connectivity index is 2.19. The number of fused-ring (bicyclic) bond motifs is 1. The van der Waals surface area contributed by atoms with Crippen molar-refractivity contribution in [1.82, 2.24) is 5.32 Å². The molecule has 0 aromatic heterocycles. The number of hydrogen-bond donors (Lipinski definition) is 0. The fourth-order valence-corrected chi connectivity index (χ4v) is 1.83. The Morgan fingerprint density at radius 1 is 1.14 bits per heavy atom. The molecule has 0 atom stereocenters. The van der Waals surface area contributed by atoms with Crippen LogP contribution in [0.25, 0.3) is 11.9 Å². The monoisotopic (exact) mass is 186 g/mol. The molecule has 1 aromatic carbocycles. The number of nitrogens with zero attached hydrogens (tertiary/aromatic N) is 1. The van der Waals surface area contributed by atoms with E-state index in [0.29, 0.717) is 0 Å². The van der Waals surface area contributed by atoms with Gasteiger partial charge in [-0.05, 0) is 12.8 Å². The van der Waals surface area contributed by atoms with E-state index in [0.717, 1.165) is 6.42 Å². The van der Waals surface area contributed by atoms with Crippen LogP contribution in [0.1, 0.15) is 32.6 Å². The summed E-state index contributed by atoms with van der Waals surface area (Å²) in [5, 5.41) is 7.08. The standard InChI is InChI=1S/C13H16N/c1-2-3-4-9-13-12-8-6-5-7-11(12)10-14-13/h5-8,10H,2-4,9H2,1H3. The maximum Gasteiger partial charge on any atom is 0.0482 e. The summed E-state index contributed by atoms with van der Waals surface area (Å²) in [5.74, 6) is 0. The van der Waals surface area contributed by atoms with E-state index in [2.05, 4.69) is 36.5 Å². The van der Waals surface area contributed by atoms with Gasteiger partial charge in [0.05, 0.1) is 0 Å². The highest BCUT2D eigenvalue weighted by molar-refractivity contribution is 5.54. The van der Waals surface area contributed by atoms with Gasteiger partial charge in [-0.25, -0.2) is 0 Å². The average Bonchev–Trinajstić information content (AvgIpc) is 2.63. The number of rotatable bonds is 4. The molecule has 0 N–H and O–H groups in total. The highest BCUT2D eigenvalue weighted by Gasteiger charge is 2.04. The predicted molar refractivity (Wildman–Crippen MR) is 59.8 cm³/mol. The second-order valence-electron chi connectivity index (χ2n) is 3.75. The number of hydrogen-bond acceptors (Lipinski definition) is 0. The second kappa shape index (κ2) is 4.32. The van der Waals surface area contributed by atoms with E-state index < -0.39 is 0 Å². The Bertz CT molecular complexity index is 417. The molecule has 0 aliphatic carbocycles. The molecule has 0 saturated carbocycles. The van der Waals surface area contributed by atoms with Crippen LogP contribution in [0.4, 0.5) is 0 Å². The molecule has 14 heavy (non-hydrogen) atoms. The van der Waals surface area contributed by atoms with Crippen LogP contribution in [0.2, 0.25) is 0 Å². The Morgan fingerprint density at radius 3 is 2.86 bits per heavy atom. The first-order chi connectivity index (χ1) is 6.92. The molecule has 2 rings (SSSR count). The van der Waals surface area contributed by atoms with Gasteiger partial charge in [0.15, 0.2) is 0 Å². The van der Waals surface area contributed by atoms with Crippen molar-refractivity contribution in [2.75, 3.05) is 0 Å². The molecule has 0 bridgehead atoms. The first kappa shape index (κ1) is 9.32. The molecule has 1 radical (unpaired) electrons. The fourth-order valence-electron chi connectivity index (χ4n) is 1.83. The third-order valence-corrected chi connectivity index (χ3v) is 2.65. The summed E-state index contributed by atoms with van der Waals surface area (Å²) in [6.07, 6.45) is 6.95. The highest BCUT2D eigenvalue weighted by Crippen LogP contribution is 2.08. The van der Waals surface area contributed by atoms with Crippen molar-refractivity contribution in [3.8, 4) is 0 Å². The van der Waals surface area contributed by atoms with E-state index in [1.807, 2.05) is 6.20 Å². The van der Waals surface area contributed by atoms with Gasteiger partial charge in [0.1, 0.15) is 0 Å². The summed E-state index contributed by atoms with van der Waals surface area (Å²) in [4.78, 5) is 0. The van der Waals surface area contributed by atoms with Crippen LogP contribution < -0.4 is 15.8 Å². The summed E-state index contributed by atoms with van der Waals surface area (Å²) in [5.41, 5.74) is 1.27. The average molecular weight is 186 g/mol. The molecule has 1 aliphatic heterocycles. The Hall–Kier alpha value is -1.24. The van der Waals surface area contributed by atoms with E-state index in [-0.39, 0.29) is 0 Å². The normalized spacial score (nSPS) is 13.4. The first-order valence-electron chi connectivity index (χ1n) is 5.41. The summed E-state index contributed by atoms with van der Waals surface area (Å²) in [7, 11) is 0. The van der Waals surface area contributed by atoms with Crippen LogP contribution >= 0.6 is 0 Å². The minimum atomic E-state index is 1.13. The molecule has 0 fully saturated rings. The van der Waals surface area contributed by atoms with E-state index in [9.17, 15) is 0 Å². The minimum Gasteiger partial charge on any atom is -0.260 e. The zero-order valence-corrected chi connectivity index (χ0v) is 8.66. The van der Waals surface area contributed by atoms with Gasteiger partial charge in [0.2, 0.25) is 0 Å². The SMILES string of the molecule is CCCCCC1=c2ccccc2=C[N]1. The van der Waals surface area contributed by atoms with Gasteiger partial charge >= 0.3 is 0 Å². The van der Waals surface area contributed by atoms with Gasteiger partial charge < -0.3 is 0 Å². The Morgan fingerprint density at radius 2 is 2.00 bits per heavy atom. The molecule has 1 nitrogen and oxygen atoms in total. The zero-order valence-electron chi connectivity index (χ0n) is 8.66. The zero-order chi connectivity index (χ0) is 9.80. The molecule has 0 amide bonds. The van der Waals surface area contributed by atoms with Crippen molar-refractivity contribution < 1.29 is 0 Å². The first-order valence-corrected chi connectivity index (χ1v) is 5.41. The van der Waals surface area contributed by atoms with Crippen molar-refractivity contribution in [3.63, 3.8) is 0 Å². The molecule has 0 unspecified atom stereocenters. The third-order valence-electron chi connectivity index (χ3n) is 2.65. The highest BCUT2D eigenvalue weighted by atomic mass is 14.9. The lowest BCUT2D eigenvalue weighted by molar-refractivity contribution is 0.726. The van der Waals surface area contributed by atoms with Gasteiger partial charge in [-0.3, -0.25) is 5.32 Å². The maximum absolute atomic E-state index is 4.47. The van der Waals surface area contributed by atoms with Gasteiger partial charge in [-0.15, -0.1) is 0 Å². The predicted octanol–water partition coefficient (Wildman–Crippen LogP) is 1.73. The molecule has 73 valence electrons. The van der Waals surface area contributed by atoms with Crippen LogP contribution in [0.5, 0.6) is 0 Å². The smallest absolute Gasteiger partial charge is 0.0482 e. The lowest BCUT2D eigenvalue weighted by Gasteiger charge is -1.99. The van der Waals surface area contributed by atoms with E-state index in [1.54, 1.807) is 0 Å². The number of unbranched alkanes of at least 4 members (excludes halogenated alkanes) is 2. The fraction of sp³-hybridized carbons (Fsp3) is 0.385. The Labute approximate surface area is 85.2 Å². The maximum atomic E-state index is 4.47. The van der Waals surface area contributed by atoms with Gasteiger partial charge in [0.25, 0.3) is 0 Å². The molecular weight excluding hydrogens is 170 g/mol. The second-order valence-corrected chi connectivity index (χ2v) is 3.75. The van der Waals surface area contributed by atoms with Crippen LogP contribution in [-0.2, 0) is 0 Å². The van der Waals surface area contributed by atoms with E-state index >= 15 is 0 Å². The lowest BCUT2D eigenvalue weighted by Crippen LogP contribution is -2.21. The van der Waals surface area contributed by atoms with Crippen LogP contribution in [0.15, 0.2) is 24.3 Å². The van der Waals surface area contributed by atoms with Crippen LogP contribution in [-0.4, -0.2) is 0 Å². The molecule has 1 heterocycles. The summed E-state index contributed by atoms with van der Waals surface area (Å²) >= 11 is 0. The van der Waals surface area contributed by atoms with Gasteiger partial charge in [-0.2, -0.15) is 0 Å². The van der Waals surface area contributed by atoms with Gasteiger partial charge in [-0.1, -0.05) is 44.0 Å². The van der Waals surface area contributed by atoms with Crippen molar-refractivity contribution in [2.24, 2.45) is 0 Å².